The molecule has 1 aliphatic carbocycles. The van der Waals surface area contributed by atoms with Gasteiger partial charge in [-0.25, -0.2) is 4.98 Å². The van der Waals surface area contributed by atoms with Gasteiger partial charge in [-0.3, -0.25) is 4.79 Å². The molecule has 6 heteroatoms. The third-order valence-corrected chi connectivity index (χ3v) is 3.65. The molecule has 17 heavy (non-hydrogen) atoms. The first kappa shape index (κ1) is 10.2. The van der Waals surface area contributed by atoms with Crippen molar-refractivity contribution < 1.29 is 9.90 Å². The molecule has 2 atom stereocenters. The minimum Gasteiger partial charge on any atom is -0.481 e. The summed E-state index contributed by atoms with van der Waals surface area (Å²) < 4.78 is 0. The van der Waals surface area contributed by atoms with Gasteiger partial charge in [-0.1, -0.05) is 13.8 Å². The van der Waals surface area contributed by atoms with Gasteiger partial charge in [0, 0.05) is 12.1 Å². The van der Waals surface area contributed by atoms with Crippen LogP contribution in [0.2, 0.25) is 0 Å². The Kier molecular flexibility index (Phi) is 1.81. The summed E-state index contributed by atoms with van der Waals surface area (Å²) in [5.74, 6) is -1.08. The van der Waals surface area contributed by atoms with E-state index in [1.165, 1.54) is 0 Å². The van der Waals surface area contributed by atoms with Crippen LogP contribution in [0.1, 0.15) is 25.3 Å². The van der Waals surface area contributed by atoms with Crippen LogP contribution in [-0.4, -0.2) is 31.5 Å². The quantitative estimate of drug-likeness (QED) is 0.811. The van der Waals surface area contributed by atoms with Crippen LogP contribution in [-0.2, 0) is 4.79 Å². The number of nitrogens with one attached hydrogen (secondary N) is 1. The molecule has 88 valence electrons. The van der Waals surface area contributed by atoms with E-state index >= 15 is 0 Å². The van der Waals surface area contributed by atoms with Gasteiger partial charge in [0.1, 0.15) is 5.52 Å². The first-order valence-corrected chi connectivity index (χ1v) is 5.41. The molecule has 3 rings (SSSR count). The number of aromatic nitrogens is 4. The van der Waals surface area contributed by atoms with Gasteiger partial charge in [0.05, 0.1) is 5.92 Å². The molecule has 2 aromatic rings. The number of rotatable bonds is 2. The van der Waals surface area contributed by atoms with Crippen molar-refractivity contribution in [1.29, 1.82) is 0 Å². The zero-order valence-corrected chi connectivity index (χ0v) is 9.51. The summed E-state index contributed by atoms with van der Waals surface area (Å²) in [7, 11) is 0. The number of carbonyl (C=O) groups is 1. The van der Waals surface area contributed by atoms with Gasteiger partial charge < -0.3 is 5.11 Å². The molecule has 1 fully saturated rings. The Bertz CT molecular complexity index is 604. The number of H-pyrrole nitrogens is 1. The highest BCUT2D eigenvalue weighted by molar-refractivity contribution is 5.78. The van der Waals surface area contributed by atoms with Gasteiger partial charge in [0.15, 0.2) is 0 Å². The molecular weight excluding hydrogens is 220 g/mol. The maximum atomic E-state index is 11.1. The summed E-state index contributed by atoms with van der Waals surface area (Å²) in [5.41, 5.74) is 1.93. The van der Waals surface area contributed by atoms with Crippen LogP contribution < -0.4 is 0 Å². The number of fused-ring (bicyclic) bond motifs is 1. The number of hydrogen-bond donors (Lipinski definition) is 2. The highest BCUT2D eigenvalue weighted by Gasteiger charge is 2.62. The smallest absolute Gasteiger partial charge is 0.307 e. The van der Waals surface area contributed by atoms with Crippen molar-refractivity contribution in [2.24, 2.45) is 11.3 Å². The van der Waals surface area contributed by atoms with E-state index in [0.717, 1.165) is 5.56 Å². The van der Waals surface area contributed by atoms with Crippen molar-refractivity contribution in [3.63, 3.8) is 0 Å². The van der Waals surface area contributed by atoms with E-state index < -0.39 is 5.97 Å². The maximum Gasteiger partial charge on any atom is 0.307 e. The lowest BCUT2D eigenvalue weighted by molar-refractivity contribution is -0.139. The molecule has 0 amide bonds. The monoisotopic (exact) mass is 232 g/mol. The SMILES string of the molecule is CC1(C)C(C(=O)O)C1c1cnc2n[nH]nc2c1. The number of aromatic amines is 1. The predicted octanol–water partition coefficient (Wildman–Crippen LogP) is 1.18. The Hall–Kier alpha value is -1.98. The van der Waals surface area contributed by atoms with Crippen molar-refractivity contribution in [3.05, 3.63) is 17.8 Å². The normalized spacial score (nSPS) is 26.0. The summed E-state index contributed by atoms with van der Waals surface area (Å²) in [5, 5.41) is 19.5. The van der Waals surface area contributed by atoms with E-state index in [1.54, 1.807) is 6.20 Å². The van der Waals surface area contributed by atoms with E-state index in [9.17, 15) is 4.79 Å². The number of hydrogen-bond acceptors (Lipinski definition) is 4. The lowest BCUT2D eigenvalue weighted by Gasteiger charge is -2.01. The van der Waals surface area contributed by atoms with Crippen molar-refractivity contribution >= 4 is 17.1 Å². The Morgan fingerprint density at radius 1 is 1.47 bits per heavy atom. The number of carboxylic acids is 1. The fourth-order valence-corrected chi connectivity index (χ4v) is 2.65. The third kappa shape index (κ3) is 1.33. The number of pyridine rings is 1. The maximum absolute atomic E-state index is 11.1. The fourth-order valence-electron chi connectivity index (χ4n) is 2.65. The standard InChI is InChI=1S/C11H12N4O2/c1-11(2)7(8(11)10(16)17)5-3-6-9(12-4-5)14-15-13-6/h3-4,7-8H,1-2H3,(H,16,17)(H,12,13,14,15). The van der Waals surface area contributed by atoms with E-state index in [1.807, 2.05) is 19.9 Å². The lowest BCUT2D eigenvalue weighted by Crippen LogP contribution is -2.03. The van der Waals surface area contributed by atoms with Gasteiger partial charge in [-0.05, 0) is 17.0 Å². The van der Waals surface area contributed by atoms with E-state index in [2.05, 4.69) is 20.4 Å². The molecule has 6 nitrogen and oxygen atoms in total. The predicted molar refractivity (Wildman–Crippen MR) is 59.3 cm³/mol. The van der Waals surface area contributed by atoms with E-state index in [-0.39, 0.29) is 17.3 Å². The highest BCUT2D eigenvalue weighted by atomic mass is 16.4. The molecule has 0 radical (unpaired) electrons. The second-order valence-corrected chi connectivity index (χ2v) is 5.05. The largest absolute Gasteiger partial charge is 0.481 e. The Morgan fingerprint density at radius 2 is 2.24 bits per heavy atom. The van der Waals surface area contributed by atoms with Crippen LogP contribution in [0.3, 0.4) is 0 Å². The summed E-state index contributed by atoms with van der Waals surface area (Å²) in [4.78, 5) is 15.3. The van der Waals surface area contributed by atoms with Crippen molar-refractivity contribution in [3.8, 4) is 0 Å². The molecule has 2 unspecified atom stereocenters. The van der Waals surface area contributed by atoms with Crippen LogP contribution >= 0.6 is 0 Å². The van der Waals surface area contributed by atoms with Crippen LogP contribution in [0.5, 0.6) is 0 Å². The summed E-state index contributed by atoms with van der Waals surface area (Å²) in [6, 6.07) is 1.86. The average molecular weight is 232 g/mol. The number of carboxylic acid groups (broad SMARTS) is 1. The summed E-state index contributed by atoms with van der Waals surface area (Å²) in [6.45, 7) is 3.92. The zero-order chi connectivity index (χ0) is 12.2. The molecule has 1 saturated carbocycles. The first-order valence-electron chi connectivity index (χ1n) is 5.41. The molecule has 0 aromatic carbocycles. The van der Waals surface area contributed by atoms with Gasteiger partial charge >= 0.3 is 5.97 Å². The summed E-state index contributed by atoms with van der Waals surface area (Å²) in [6.07, 6.45) is 1.69. The lowest BCUT2D eigenvalue weighted by atomic mass is 10.0. The number of aliphatic carboxylic acids is 1. The second kappa shape index (κ2) is 3.03. The number of nitrogens with zero attached hydrogens (tertiary/aromatic N) is 3. The first-order chi connectivity index (χ1) is 8.01. The minimum atomic E-state index is -0.750. The molecule has 1 aliphatic rings. The van der Waals surface area contributed by atoms with Gasteiger partial charge in [-0.15, -0.1) is 5.10 Å². The molecule has 2 aromatic heterocycles. The Labute approximate surface area is 97.1 Å². The zero-order valence-electron chi connectivity index (χ0n) is 9.51. The van der Waals surface area contributed by atoms with Crippen molar-refractivity contribution in [2.75, 3.05) is 0 Å². The van der Waals surface area contributed by atoms with Crippen molar-refractivity contribution in [2.45, 2.75) is 19.8 Å². The van der Waals surface area contributed by atoms with Gasteiger partial charge in [0.25, 0.3) is 0 Å². The summed E-state index contributed by atoms with van der Waals surface area (Å²) >= 11 is 0. The third-order valence-electron chi connectivity index (χ3n) is 3.65. The molecule has 2 N–H and O–H groups in total. The van der Waals surface area contributed by atoms with Gasteiger partial charge in [-0.2, -0.15) is 10.3 Å². The fraction of sp³-hybridized carbons (Fsp3) is 0.455. The minimum absolute atomic E-state index is 0.00796. The Morgan fingerprint density at radius 3 is 2.88 bits per heavy atom. The van der Waals surface area contributed by atoms with Crippen LogP contribution in [0.15, 0.2) is 12.3 Å². The Balaban J connectivity index is 2.02. The van der Waals surface area contributed by atoms with Crippen LogP contribution in [0.25, 0.3) is 11.2 Å². The molecular formula is C11H12N4O2. The average Bonchev–Trinajstić information content (AvgIpc) is 2.66. The van der Waals surface area contributed by atoms with Crippen LogP contribution in [0, 0.1) is 11.3 Å². The molecule has 2 heterocycles. The van der Waals surface area contributed by atoms with E-state index in [0.29, 0.717) is 11.2 Å². The molecule has 0 bridgehead atoms. The molecule has 0 aliphatic heterocycles. The molecule has 0 saturated heterocycles. The van der Waals surface area contributed by atoms with Crippen molar-refractivity contribution in [1.82, 2.24) is 20.4 Å². The highest BCUT2D eigenvalue weighted by Crippen LogP contribution is 2.64. The van der Waals surface area contributed by atoms with E-state index in [4.69, 9.17) is 5.11 Å². The topological polar surface area (TPSA) is 91.8 Å². The van der Waals surface area contributed by atoms with Crippen LogP contribution in [0.4, 0.5) is 0 Å². The molecule has 0 spiro atoms. The van der Waals surface area contributed by atoms with Gasteiger partial charge in [0.2, 0.25) is 5.65 Å². The second-order valence-electron chi connectivity index (χ2n) is 5.05.